The Balaban J connectivity index is 2.25. The molecule has 100 valence electrons. The number of benzene rings is 2. The van der Waals surface area contributed by atoms with E-state index in [0.29, 0.717) is 6.54 Å². The second-order valence-electron chi connectivity index (χ2n) is 4.62. The summed E-state index contributed by atoms with van der Waals surface area (Å²) >= 11 is 0. The van der Waals surface area contributed by atoms with Crippen molar-refractivity contribution in [3.8, 4) is 5.75 Å². The third-order valence-electron chi connectivity index (χ3n) is 3.22. The molecule has 0 aliphatic heterocycles. The van der Waals surface area contributed by atoms with Crippen LogP contribution in [0.2, 0.25) is 0 Å². The molecule has 0 saturated heterocycles. The van der Waals surface area contributed by atoms with Gasteiger partial charge < -0.3 is 10.5 Å². The normalized spacial score (nSPS) is 12.2. The van der Waals surface area contributed by atoms with Crippen LogP contribution in [0.3, 0.4) is 0 Å². The van der Waals surface area contributed by atoms with Gasteiger partial charge in [-0.05, 0) is 42.7 Å². The number of para-hydroxylation sites is 1. The van der Waals surface area contributed by atoms with Gasteiger partial charge in [0.2, 0.25) is 0 Å². The van der Waals surface area contributed by atoms with E-state index in [4.69, 9.17) is 10.5 Å². The highest BCUT2D eigenvalue weighted by Gasteiger charge is 2.14. The summed E-state index contributed by atoms with van der Waals surface area (Å²) in [5.74, 6) is -0.138. The molecule has 0 aromatic heterocycles. The van der Waals surface area contributed by atoms with E-state index in [2.05, 4.69) is 0 Å². The molecule has 3 heteroatoms. The average Bonchev–Trinajstić information content (AvgIpc) is 2.41. The summed E-state index contributed by atoms with van der Waals surface area (Å²) < 4.78 is 19.3. The van der Waals surface area contributed by atoms with Crippen molar-refractivity contribution < 1.29 is 9.13 Å². The summed E-state index contributed by atoms with van der Waals surface area (Å²) in [5, 5.41) is 0. The highest BCUT2D eigenvalue weighted by molar-refractivity contribution is 5.32. The second kappa shape index (κ2) is 5.85. The minimum absolute atomic E-state index is 0.233. The van der Waals surface area contributed by atoms with Gasteiger partial charge in [0.25, 0.3) is 0 Å². The van der Waals surface area contributed by atoms with E-state index in [1.54, 1.807) is 18.2 Å². The summed E-state index contributed by atoms with van der Waals surface area (Å²) in [6, 6.07) is 12.4. The van der Waals surface area contributed by atoms with Crippen molar-refractivity contribution in [3.63, 3.8) is 0 Å². The fraction of sp³-hybridized carbons (Fsp3) is 0.250. The zero-order valence-electron chi connectivity index (χ0n) is 11.2. The molecule has 0 bridgehead atoms. The number of ether oxygens (including phenoxy) is 1. The third-order valence-corrected chi connectivity index (χ3v) is 3.22. The lowest BCUT2D eigenvalue weighted by atomic mass is 10.0. The Labute approximate surface area is 113 Å². The van der Waals surface area contributed by atoms with E-state index in [-0.39, 0.29) is 17.7 Å². The fourth-order valence-corrected chi connectivity index (χ4v) is 1.91. The van der Waals surface area contributed by atoms with Crippen LogP contribution < -0.4 is 10.5 Å². The van der Waals surface area contributed by atoms with Crippen LogP contribution >= 0.6 is 0 Å². The molecule has 2 N–H and O–H groups in total. The third kappa shape index (κ3) is 3.12. The van der Waals surface area contributed by atoms with Crippen molar-refractivity contribution in [2.45, 2.75) is 20.0 Å². The lowest BCUT2D eigenvalue weighted by Gasteiger charge is -2.19. The van der Waals surface area contributed by atoms with Gasteiger partial charge in [-0.3, -0.25) is 0 Å². The first-order valence-corrected chi connectivity index (χ1v) is 6.30. The van der Waals surface area contributed by atoms with Crippen molar-refractivity contribution >= 4 is 0 Å². The zero-order valence-corrected chi connectivity index (χ0v) is 11.2. The fourth-order valence-electron chi connectivity index (χ4n) is 1.91. The molecule has 0 radical (unpaired) electrons. The summed E-state index contributed by atoms with van der Waals surface area (Å²) in [7, 11) is 0. The van der Waals surface area contributed by atoms with Gasteiger partial charge in [-0.1, -0.05) is 30.3 Å². The lowest BCUT2D eigenvalue weighted by molar-refractivity contribution is 0.204. The molecule has 1 atom stereocenters. The zero-order chi connectivity index (χ0) is 13.8. The van der Waals surface area contributed by atoms with Gasteiger partial charge in [0.1, 0.15) is 6.10 Å². The van der Waals surface area contributed by atoms with Crippen molar-refractivity contribution in [3.05, 3.63) is 65.0 Å². The van der Waals surface area contributed by atoms with E-state index in [1.807, 2.05) is 32.0 Å². The van der Waals surface area contributed by atoms with Crippen LogP contribution in [0.15, 0.2) is 42.5 Å². The molecule has 2 aromatic rings. The minimum atomic E-state index is -0.371. The quantitative estimate of drug-likeness (QED) is 0.911. The number of halogens is 1. The van der Waals surface area contributed by atoms with Crippen LogP contribution in [0.1, 0.15) is 22.8 Å². The van der Waals surface area contributed by atoms with Crippen LogP contribution in [-0.2, 0) is 0 Å². The van der Waals surface area contributed by atoms with Crippen LogP contribution in [-0.4, -0.2) is 6.54 Å². The molecule has 0 aliphatic rings. The second-order valence-corrected chi connectivity index (χ2v) is 4.62. The van der Waals surface area contributed by atoms with Crippen LogP contribution in [0, 0.1) is 19.7 Å². The minimum Gasteiger partial charge on any atom is -0.481 e. The van der Waals surface area contributed by atoms with E-state index >= 15 is 0 Å². The van der Waals surface area contributed by atoms with Crippen molar-refractivity contribution in [2.24, 2.45) is 5.73 Å². The number of rotatable bonds is 4. The summed E-state index contributed by atoms with van der Waals surface area (Å²) in [4.78, 5) is 0. The maximum atomic E-state index is 13.6. The topological polar surface area (TPSA) is 35.2 Å². The largest absolute Gasteiger partial charge is 0.481 e. The molecule has 0 spiro atoms. The highest BCUT2D eigenvalue weighted by Crippen LogP contribution is 2.25. The van der Waals surface area contributed by atoms with Gasteiger partial charge in [0.05, 0.1) is 0 Å². The predicted octanol–water partition coefficient (Wildman–Crippen LogP) is 3.52. The van der Waals surface area contributed by atoms with Gasteiger partial charge in [-0.25, -0.2) is 4.39 Å². The molecule has 2 aromatic carbocycles. The molecule has 2 rings (SSSR count). The molecule has 0 fully saturated rings. The monoisotopic (exact) mass is 259 g/mol. The summed E-state index contributed by atoms with van der Waals surface area (Å²) in [6.07, 6.45) is -0.337. The smallest absolute Gasteiger partial charge is 0.165 e. The van der Waals surface area contributed by atoms with Crippen molar-refractivity contribution in [1.29, 1.82) is 0 Å². The average molecular weight is 259 g/mol. The van der Waals surface area contributed by atoms with E-state index < -0.39 is 0 Å². The maximum Gasteiger partial charge on any atom is 0.165 e. The molecule has 0 saturated carbocycles. The summed E-state index contributed by atoms with van der Waals surface area (Å²) in [6.45, 7) is 4.39. The Hall–Kier alpha value is -1.87. The molecule has 0 aliphatic carbocycles. The van der Waals surface area contributed by atoms with Crippen LogP contribution in [0.25, 0.3) is 0 Å². The molecule has 19 heavy (non-hydrogen) atoms. The predicted molar refractivity (Wildman–Crippen MR) is 74.7 cm³/mol. The SMILES string of the molecule is Cc1ccc(C(CN)Oc2ccccc2F)cc1C. The first kappa shape index (κ1) is 13.6. The van der Waals surface area contributed by atoms with Crippen molar-refractivity contribution in [1.82, 2.24) is 0 Å². The van der Waals surface area contributed by atoms with Crippen LogP contribution in [0.4, 0.5) is 4.39 Å². The Bertz CT molecular complexity index is 568. The van der Waals surface area contributed by atoms with E-state index in [1.165, 1.54) is 17.2 Å². The highest BCUT2D eigenvalue weighted by atomic mass is 19.1. The first-order chi connectivity index (χ1) is 9.11. The van der Waals surface area contributed by atoms with Gasteiger partial charge in [-0.2, -0.15) is 0 Å². The Morgan fingerprint density at radius 3 is 2.47 bits per heavy atom. The van der Waals surface area contributed by atoms with Gasteiger partial charge in [0.15, 0.2) is 11.6 Å². The number of aryl methyl sites for hydroxylation is 2. The molecule has 2 nitrogen and oxygen atoms in total. The van der Waals surface area contributed by atoms with Gasteiger partial charge >= 0.3 is 0 Å². The molecular weight excluding hydrogens is 241 g/mol. The number of nitrogens with two attached hydrogens (primary N) is 1. The first-order valence-electron chi connectivity index (χ1n) is 6.30. The van der Waals surface area contributed by atoms with E-state index in [9.17, 15) is 4.39 Å². The van der Waals surface area contributed by atoms with E-state index in [0.717, 1.165) is 5.56 Å². The Morgan fingerprint density at radius 1 is 1.11 bits per heavy atom. The molecular formula is C16H18FNO. The Kier molecular flexibility index (Phi) is 4.17. The standard InChI is InChI=1S/C16H18FNO/c1-11-7-8-13(9-12(11)2)16(10-18)19-15-6-4-3-5-14(15)17/h3-9,16H,10,18H2,1-2H3. The van der Waals surface area contributed by atoms with Crippen molar-refractivity contribution in [2.75, 3.05) is 6.54 Å². The Morgan fingerprint density at radius 2 is 1.84 bits per heavy atom. The summed E-state index contributed by atoms with van der Waals surface area (Å²) in [5.41, 5.74) is 9.10. The number of hydrogen-bond donors (Lipinski definition) is 1. The lowest BCUT2D eigenvalue weighted by Crippen LogP contribution is -2.19. The molecule has 0 amide bonds. The molecule has 0 heterocycles. The van der Waals surface area contributed by atoms with Gasteiger partial charge in [-0.15, -0.1) is 0 Å². The molecule has 1 unspecified atom stereocenters. The van der Waals surface area contributed by atoms with Gasteiger partial charge in [0, 0.05) is 6.54 Å². The van der Waals surface area contributed by atoms with Crippen LogP contribution in [0.5, 0.6) is 5.75 Å². The number of hydrogen-bond acceptors (Lipinski definition) is 2. The maximum absolute atomic E-state index is 13.6.